The lowest BCUT2D eigenvalue weighted by molar-refractivity contribution is -0.137. The van der Waals surface area contributed by atoms with E-state index in [9.17, 15) is 4.79 Å². The minimum atomic E-state index is 0. The Morgan fingerprint density at radius 3 is 2.65 bits per heavy atom. The molecule has 102 valence electrons. The summed E-state index contributed by atoms with van der Waals surface area (Å²) in [7, 11) is 0. The summed E-state index contributed by atoms with van der Waals surface area (Å²) in [6.07, 6.45) is 4.36. The van der Waals surface area contributed by atoms with Crippen molar-refractivity contribution in [2.24, 2.45) is 17.6 Å². The van der Waals surface area contributed by atoms with Crippen molar-refractivity contribution >= 4 is 18.3 Å². The van der Waals surface area contributed by atoms with Gasteiger partial charge in [-0.15, -0.1) is 12.4 Å². The summed E-state index contributed by atoms with van der Waals surface area (Å²) in [6.45, 7) is 8.01. The molecule has 0 spiro atoms. The molecule has 1 amide bonds. The number of piperidine rings is 1. The van der Waals surface area contributed by atoms with Crippen LogP contribution in [0.4, 0.5) is 0 Å². The maximum Gasteiger partial charge on any atom is 0.225 e. The molecule has 1 aliphatic heterocycles. The second kappa shape index (κ2) is 7.93. The molecule has 0 aromatic rings. The van der Waals surface area contributed by atoms with E-state index in [0.717, 1.165) is 32.4 Å². The van der Waals surface area contributed by atoms with Crippen molar-refractivity contribution in [2.75, 3.05) is 13.1 Å². The van der Waals surface area contributed by atoms with E-state index in [1.54, 1.807) is 0 Å². The van der Waals surface area contributed by atoms with Crippen LogP contribution >= 0.6 is 12.4 Å². The molecule has 0 radical (unpaired) electrons. The summed E-state index contributed by atoms with van der Waals surface area (Å²) in [5.41, 5.74) is 5.93. The van der Waals surface area contributed by atoms with Crippen LogP contribution in [0.15, 0.2) is 0 Å². The Balaban J connectivity index is 0.00000256. The minimum Gasteiger partial charge on any atom is -0.342 e. The van der Waals surface area contributed by atoms with Gasteiger partial charge >= 0.3 is 0 Å². The molecule has 4 heteroatoms. The van der Waals surface area contributed by atoms with Gasteiger partial charge in [-0.1, -0.05) is 20.3 Å². The largest absolute Gasteiger partial charge is 0.342 e. The highest BCUT2D eigenvalue weighted by Crippen LogP contribution is 2.21. The molecule has 0 aromatic heterocycles. The van der Waals surface area contributed by atoms with Gasteiger partial charge in [-0.05, 0) is 32.1 Å². The molecule has 3 unspecified atom stereocenters. The second-order valence-electron chi connectivity index (χ2n) is 5.24. The van der Waals surface area contributed by atoms with Crippen LogP contribution < -0.4 is 5.73 Å². The van der Waals surface area contributed by atoms with E-state index in [2.05, 4.69) is 6.92 Å². The summed E-state index contributed by atoms with van der Waals surface area (Å²) in [6, 6.07) is 0.206. The fraction of sp³-hybridized carbons (Fsp3) is 0.923. The molecule has 17 heavy (non-hydrogen) atoms. The van der Waals surface area contributed by atoms with Gasteiger partial charge in [-0.2, -0.15) is 0 Å². The number of carbonyl (C=O) groups is 1. The van der Waals surface area contributed by atoms with Gasteiger partial charge in [-0.3, -0.25) is 4.79 Å². The van der Waals surface area contributed by atoms with E-state index in [1.807, 2.05) is 18.7 Å². The number of amides is 1. The van der Waals surface area contributed by atoms with E-state index >= 15 is 0 Å². The number of likely N-dealkylation sites (tertiary alicyclic amines) is 1. The van der Waals surface area contributed by atoms with Crippen LogP contribution in [-0.2, 0) is 4.79 Å². The summed E-state index contributed by atoms with van der Waals surface area (Å²) < 4.78 is 0. The average Bonchev–Trinajstić information content (AvgIpc) is 2.28. The third-order valence-corrected chi connectivity index (χ3v) is 3.66. The Morgan fingerprint density at radius 2 is 2.12 bits per heavy atom. The van der Waals surface area contributed by atoms with Crippen molar-refractivity contribution in [3.8, 4) is 0 Å². The van der Waals surface area contributed by atoms with Gasteiger partial charge in [0.1, 0.15) is 0 Å². The molecule has 3 nitrogen and oxygen atoms in total. The first-order valence-corrected chi connectivity index (χ1v) is 6.60. The molecule has 0 aromatic carbocycles. The number of hydrogen-bond acceptors (Lipinski definition) is 2. The van der Waals surface area contributed by atoms with Crippen LogP contribution in [0.1, 0.15) is 46.5 Å². The number of rotatable bonds is 4. The smallest absolute Gasteiger partial charge is 0.225 e. The van der Waals surface area contributed by atoms with Crippen molar-refractivity contribution in [3.63, 3.8) is 0 Å². The van der Waals surface area contributed by atoms with Gasteiger partial charge < -0.3 is 10.6 Å². The molecule has 1 saturated heterocycles. The predicted molar refractivity (Wildman–Crippen MR) is 74.3 cm³/mol. The highest BCUT2D eigenvalue weighted by Gasteiger charge is 2.27. The Bertz CT molecular complexity index is 233. The lowest BCUT2D eigenvalue weighted by Crippen LogP contribution is -2.46. The molecule has 1 heterocycles. The third-order valence-electron chi connectivity index (χ3n) is 3.66. The maximum atomic E-state index is 12.1. The molecule has 2 N–H and O–H groups in total. The van der Waals surface area contributed by atoms with Crippen LogP contribution in [0.5, 0.6) is 0 Å². The van der Waals surface area contributed by atoms with Crippen LogP contribution in [-0.4, -0.2) is 29.9 Å². The van der Waals surface area contributed by atoms with Crippen LogP contribution in [0.2, 0.25) is 0 Å². The van der Waals surface area contributed by atoms with Gasteiger partial charge in [0.2, 0.25) is 5.91 Å². The lowest BCUT2D eigenvalue weighted by Gasteiger charge is -2.36. The minimum absolute atomic E-state index is 0. The van der Waals surface area contributed by atoms with Crippen molar-refractivity contribution in [1.82, 2.24) is 4.90 Å². The fourth-order valence-corrected chi connectivity index (χ4v) is 2.51. The highest BCUT2D eigenvalue weighted by molar-refractivity contribution is 5.85. The zero-order chi connectivity index (χ0) is 12.1. The molecule has 1 fully saturated rings. The molecule has 0 aliphatic carbocycles. The quantitative estimate of drug-likeness (QED) is 0.846. The molecule has 1 rings (SSSR count). The topological polar surface area (TPSA) is 46.3 Å². The zero-order valence-electron chi connectivity index (χ0n) is 11.3. The highest BCUT2D eigenvalue weighted by atomic mass is 35.5. The first kappa shape index (κ1) is 16.7. The van der Waals surface area contributed by atoms with Gasteiger partial charge in [0, 0.05) is 25.0 Å². The van der Waals surface area contributed by atoms with E-state index < -0.39 is 0 Å². The van der Waals surface area contributed by atoms with Gasteiger partial charge in [0.25, 0.3) is 0 Å². The summed E-state index contributed by atoms with van der Waals surface area (Å²) in [4.78, 5) is 14.2. The van der Waals surface area contributed by atoms with Crippen LogP contribution in [0.3, 0.4) is 0 Å². The van der Waals surface area contributed by atoms with Gasteiger partial charge in [0.05, 0.1) is 0 Å². The molecule has 0 saturated carbocycles. The maximum absolute atomic E-state index is 12.1. The second-order valence-corrected chi connectivity index (χ2v) is 5.24. The number of nitrogens with zero attached hydrogens (tertiary/aromatic N) is 1. The summed E-state index contributed by atoms with van der Waals surface area (Å²) >= 11 is 0. The SMILES string of the molecule is CCCC(C)C(=O)N1CCCC(C(C)N)C1.Cl. The first-order valence-electron chi connectivity index (χ1n) is 6.60. The van der Waals surface area contributed by atoms with E-state index in [-0.39, 0.29) is 24.4 Å². The third kappa shape index (κ3) is 4.84. The van der Waals surface area contributed by atoms with Crippen molar-refractivity contribution in [2.45, 2.75) is 52.5 Å². The first-order chi connectivity index (χ1) is 7.56. The normalized spacial score (nSPS) is 23.8. The molecular formula is C13H27ClN2O. The standard InChI is InChI=1S/C13H26N2O.ClH/c1-4-6-10(2)13(16)15-8-5-7-12(9-15)11(3)14;/h10-12H,4-9,14H2,1-3H3;1H. The Morgan fingerprint density at radius 1 is 1.47 bits per heavy atom. The van der Waals surface area contributed by atoms with Crippen molar-refractivity contribution < 1.29 is 4.79 Å². The Kier molecular flexibility index (Phi) is 7.80. The van der Waals surface area contributed by atoms with E-state index in [0.29, 0.717) is 11.8 Å². The van der Waals surface area contributed by atoms with Crippen LogP contribution in [0, 0.1) is 11.8 Å². The van der Waals surface area contributed by atoms with Crippen molar-refractivity contribution in [3.05, 3.63) is 0 Å². The van der Waals surface area contributed by atoms with E-state index in [1.165, 1.54) is 6.42 Å². The monoisotopic (exact) mass is 262 g/mol. The van der Waals surface area contributed by atoms with Gasteiger partial charge in [0.15, 0.2) is 0 Å². The fourth-order valence-electron chi connectivity index (χ4n) is 2.51. The van der Waals surface area contributed by atoms with Crippen molar-refractivity contribution in [1.29, 1.82) is 0 Å². The number of halogens is 1. The number of carbonyl (C=O) groups excluding carboxylic acids is 1. The zero-order valence-corrected chi connectivity index (χ0v) is 12.1. The van der Waals surface area contributed by atoms with Gasteiger partial charge in [-0.25, -0.2) is 0 Å². The Labute approximate surface area is 112 Å². The Hall–Kier alpha value is -0.280. The van der Waals surface area contributed by atoms with Crippen LogP contribution in [0.25, 0.3) is 0 Å². The predicted octanol–water partition coefficient (Wildman–Crippen LogP) is 2.43. The molecular weight excluding hydrogens is 236 g/mol. The summed E-state index contributed by atoms with van der Waals surface area (Å²) in [5, 5.41) is 0. The van der Waals surface area contributed by atoms with E-state index in [4.69, 9.17) is 5.73 Å². The molecule has 0 bridgehead atoms. The number of hydrogen-bond donors (Lipinski definition) is 1. The molecule has 3 atom stereocenters. The average molecular weight is 263 g/mol. The number of nitrogens with two attached hydrogens (primary N) is 1. The molecule has 1 aliphatic rings. The summed E-state index contributed by atoms with van der Waals surface area (Å²) in [5.74, 6) is 0.996. The lowest BCUT2D eigenvalue weighted by atomic mass is 9.91.